The van der Waals surface area contributed by atoms with Crippen LogP contribution in [-0.4, -0.2) is 26.8 Å². The smallest absolute Gasteiger partial charge is 0.0637 e. The Morgan fingerprint density at radius 3 is 2.73 bits per heavy atom. The number of nitrogen functional groups attached to an aromatic ring is 1. The van der Waals surface area contributed by atoms with E-state index < -0.39 is 0 Å². The van der Waals surface area contributed by atoms with Gasteiger partial charge in [-0.05, 0) is 47.7 Å². The lowest BCUT2D eigenvalue weighted by Gasteiger charge is -2.24. The Balaban J connectivity index is 2.81. The number of nitrogens with zero attached hydrogens (tertiary/aromatic N) is 1. The topological polar surface area (TPSA) is 38.5 Å². The molecule has 4 heteroatoms. The lowest BCUT2D eigenvalue weighted by atomic mass is 10.2. The van der Waals surface area contributed by atoms with Gasteiger partial charge in [-0.2, -0.15) is 0 Å². The summed E-state index contributed by atoms with van der Waals surface area (Å²) in [7, 11) is 1.72. The highest BCUT2D eigenvalue weighted by Gasteiger charge is 2.07. The zero-order valence-corrected chi connectivity index (χ0v) is 11.3. The van der Waals surface area contributed by atoms with Crippen LogP contribution in [-0.2, 0) is 4.74 Å². The van der Waals surface area contributed by atoms with Gasteiger partial charge in [-0.1, -0.05) is 0 Å². The highest BCUT2D eigenvalue weighted by molar-refractivity contribution is 14.1. The first kappa shape index (κ1) is 12.6. The molecular weight excluding hydrogens is 303 g/mol. The quantitative estimate of drug-likeness (QED) is 0.669. The number of methoxy groups -OCH3 is 1. The monoisotopic (exact) mass is 320 g/mol. The van der Waals surface area contributed by atoms with Crippen molar-refractivity contribution >= 4 is 34.0 Å². The van der Waals surface area contributed by atoms with Crippen LogP contribution in [0.25, 0.3) is 0 Å². The van der Waals surface area contributed by atoms with Gasteiger partial charge in [0.15, 0.2) is 0 Å². The van der Waals surface area contributed by atoms with Gasteiger partial charge in [-0.15, -0.1) is 0 Å². The Labute approximate surface area is 105 Å². The van der Waals surface area contributed by atoms with Crippen molar-refractivity contribution in [3.05, 3.63) is 21.8 Å². The Morgan fingerprint density at radius 2 is 2.20 bits per heavy atom. The summed E-state index contributed by atoms with van der Waals surface area (Å²) in [6.07, 6.45) is 0. The maximum absolute atomic E-state index is 5.72. The van der Waals surface area contributed by atoms with E-state index in [1.54, 1.807) is 7.11 Å². The molecule has 1 aromatic carbocycles. The summed E-state index contributed by atoms with van der Waals surface area (Å²) in [4.78, 5) is 2.28. The molecule has 0 aromatic heterocycles. The molecule has 0 aliphatic heterocycles. The summed E-state index contributed by atoms with van der Waals surface area (Å²) in [6, 6.07) is 5.99. The number of rotatable bonds is 5. The minimum Gasteiger partial charge on any atom is -0.399 e. The zero-order chi connectivity index (χ0) is 11.3. The summed E-state index contributed by atoms with van der Waals surface area (Å²) in [6.45, 7) is 4.77. The van der Waals surface area contributed by atoms with E-state index in [1.165, 1.54) is 9.26 Å². The molecule has 1 aromatic rings. The molecule has 0 aliphatic rings. The van der Waals surface area contributed by atoms with E-state index in [0.29, 0.717) is 0 Å². The van der Waals surface area contributed by atoms with E-state index in [0.717, 1.165) is 25.4 Å². The van der Waals surface area contributed by atoms with Crippen LogP contribution in [0.5, 0.6) is 0 Å². The number of hydrogen-bond acceptors (Lipinski definition) is 3. The van der Waals surface area contributed by atoms with Gasteiger partial charge in [-0.25, -0.2) is 0 Å². The first-order chi connectivity index (χ1) is 7.19. The molecule has 0 heterocycles. The Kier molecular flexibility index (Phi) is 5.17. The predicted molar refractivity (Wildman–Crippen MR) is 73.3 cm³/mol. The van der Waals surface area contributed by atoms with Crippen LogP contribution in [0.3, 0.4) is 0 Å². The summed E-state index contributed by atoms with van der Waals surface area (Å²) < 4.78 is 6.28. The average Bonchev–Trinajstić information content (AvgIpc) is 2.21. The number of hydrogen-bond donors (Lipinski definition) is 1. The first-order valence-electron chi connectivity index (χ1n) is 4.98. The fraction of sp³-hybridized carbons (Fsp3) is 0.455. The fourth-order valence-electron chi connectivity index (χ4n) is 1.43. The van der Waals surface area contributed by atoms with Crippen LogP contribution in [0.2, 0.25) is 0 Å². The number of benzene rings is 1. The van der Waals surface area contributed by atoms with E-state index in [2.05, 4.69) is 40.5 Å². The van der Waals surface area contributed by atoms with Crippen LogP contribution in [0.4, 0.5) is 11.4 Å². The fourth-order valence-corrected chi connectivity index (χ4v) is 2.31. The summed E-state index contributed by atoms with van der Waals surface area (Å²) in [5.41, 5.74) is 7.76. The van der Waals surface area contributed by atoms with E-state index in [9.17, 15) is 0 Å². The van der Waals surface area contributed by atoms with Crippen LogP contribution in [0.1, 0.15) is 6.92 Å². The molecule has 84 valence electrons. The normalized spacial score (nSPS) is 10.3. The van der Waals surface area contributed by atoms with Crippen molar-refractivity contribution in [2.75, 3.05) is 37.4 Å². The Bertz CT molecular complexity index is 317. The zero-order valence-electron chi connectivity index (χ0n) is 9.16. The van der Waals surface area contributed by atoms with Gasteiger partial charge in [0, 0.05) is 29.5 Å². The number of ether oxygens (including phenoxy) is 1. The molecule has 15 heavy (non-hydrogen) atoms. The number of likely N-dealkylation sites (N-methyl/N-ethyl adjacent to an activating group) is 1. The van der Waals surface area contributed by atoms with E-state index in [-0.39, 0.29) is 0 Å². The lowest BCUT2D eigenvalue weighted by molar-refractivity contribution is 0.205. The van der Waals surface area contributed by atoms with Gasteiger partial charge >= 0.3 is 0 Å². The highest BCUT2D eigenvalue weighted by atomic mass is 127. The molecule has 0 atom stereocenters. The molecule has 0 fully saturated rings. The predicted octanol–water partition coefficient (Wildman–Crippen LogP) is 2.35. The van der Waals surface area contributed by atoms with Crippen molar-refractivity contribution in [1.29, 1.82) is 0 Å². The average molecular weight is 320 g/mol. The molecule has 2 N–H and O–H groups in total. The highest BCUT2D eigenvalue weighted by Crippen LogP contribution is 2.24. The van der Waals surface area contributed by atoms with Gasteiger partial charge in [0.25, 0.3) is 0 Å². The van der Waals surface area contributed by atoms with Gasteiger partial charge in [0.2, 0.25) is 0 Å². The third kappa shape index (κ3) is 3.53. The van der Waals surface area contributed by atoms with Crippen LogP contribution in [0.15, 0.2) is 18.2 Å². The second-order valence-electron chi connectivity index (χ2n) is 3.28. The third-order valence-corrected chi connectivity index (χ3v) is 3.12. The number of halogens is 1. The van der Waals surface area contributed by atoms with Gasteiger partial charge < -0.3 is 15.4 Å². The number of anilines is 2. The minimum absolute atomic E-state index is 0.744. The molecule has 0 aliphatic carbocycles. The second-order valence-corrected chi connectivity index (χ2v) is 4.45. The first-order valence-corrected chi connectivity index (χ1v) is 6.05. The second kappa shape index (κ2) is 6.17. The molecule has 0 saturated heterocycles. The van der Waals surface area contributed by atoms with Crippen LogP contribution >= 0.6 is 22.6 Å². The molecule has 0 spiro atoms. The third-order valence-electron chi connectivity index (χ3n) is 2.26. The number of nitrogens with two attached hydrogens (primary N) is 1. The maximum Gasteiger partial charge on any atom is 0.0637 e. The van der Waals surface area contributed by atoms with Crippen molar-refractivity contribution in [2.45, 2.75) is 6.92 Å². The van der Waals surface area contributed by atoms with Crippen molar-refractivity contribution in [3.63, 3.8) is 0 Å². The van der Waals surface area contributed by atoms with E-state index >= 15 is 0 Å². The molecule has 0 saturated carbocycles. The van der Waals surface area contributed by atoms with Gasteiger partial charge in [-0.3, -0.25) is 0 Å². The summed E-state index contributed by atoms with van der Waals surface area (Å²) in [5.74, 6) is 0. The van der Waals surface area contributed by atoms with Gasteiger partial charge in [0.1, 0.15) is 0 Å². The van der Waals surface area contributed by atoms with E-state index in [4.69, 9.17) is 10.5 Å². The Morgan fingerprint density at radius 1 is 1.47 bits per heavy atom. The van der Waals surface area contributed by atoms with Crippen molar-refractivity contribution < 1.29 is 4.74 Å². The lowest BCUT2D eigenvalue weighted by Crippen LogP contribution is -2.27. The minimum atomic E-state index is 0.744. The Hall–Kier alpha value is -0.490. The molecule has 0 amide bonds. The largest absolute Gasteiger partial charge is 0.399 e. The SMILES string of the molecule is CCN(CCOC)c1ccc(N)cc1I. The van der Waals surface area contributed by atoms with E-state index in [1.807, 2.05) is 12.1 Å². The molecule has 0 bridgehead atoms. The van der Waals surface area contributed by atoms with Gasteiger partial charge in [0.05, 0.1) is 12.3 Å². The van der Waals surface area contributed by atoms with Crippen molar-refractivity contribution in [2.24, 2.45) is 0 Å². The summed E-state index contributed by atoms with van der Waals surface area (Å²) >= 11 is 2.31. The molecule has 3 nitrogen and oxygen atoms in total. The summed E-state index contributed by atoms with van der Waals surface area (Å²) in [5, 5.41) is 0. The van der Waals surface area contributed by atoms with Crippen LogP contribution < -0.4 is 10.6 Å². The van der Waals surface area contributed by atoms with Crippen LogP contribution in [0, 0.1) is 3.57 Å². The molecule has 0 unspecified atom stereocenters. The molecular formula is C11H17IN2O. The standard InChI is InChI=1S/C11H17IN2O/c1-3-14(6-7-15-2)11-5-4-9(13)8-10(11)12/h4-5,8H,3,6-7,13H2,1-2H3. The molecule has 0 radical (unpaired) electrons. The molecule has 1 rings (SSSR count). The van der Waals surface area contributed by atoms with Crippen molar-refractivity contribution in [1.82, 2.24) is 0 Å². The van der Waals surface area contributed by atoms with Crippen molar-refractivity contribution in [3.8, 4) is 0 Å². The maximum atomic E-state index is 5.72.